The van der Waals surface area contributed by atoms with Crippen molar-refractivity contribution in [2.45, 2.75) is 42.1 Å². The molecular weight excluding hydrogens is 561 g/mol. The SMILES string of the molecule is CC1(C)S[C@H]2C(NC(=O)C(NC(=O)c3cnc4cccnc4c3O)c3ccc(O)cc3)C(=O)N2C1c1nnn[nH]1.[NaH]. The number of phenolic OH excluding ortho intramolecular Hbond substituents is 1. The third kappa shape index (κ3) is 4.98. The van der Waals surface area contributed by atoms with Crippen molar-refractivity contribution >= 4 is 70.1 Å². The summed E-state index contributed by atoms with van der Waals surface area (Å²) in [5.74, 6) is -1.69. The van der Waals surface area contributed by atoms with Crippen molar-refractivity contribution < 1.29 is 24.6 Å². The molecule has 1 aromatic carbocycles. The molecule has 3 unspecified atom stereocenters. The Bertz CT molecular complexity index is 1640. The maximum atomic E-state index is 13.6. The zero-order valence-corrected chi connectivity index (χ0v) is 22.0. The van der Waals surface area contributed by atoms with E-state index < -0.39 is 34.7 Å². The van der Waals surface area contributed by atoms with Crippen LogP contribution >= 0.6 is 11.8 Å². The summed E-state index contributed by atoms with van der Waals surface area (Å²) in [5.41, 5.74) is 0.709. The van der Waals surface area contributed by atoms with Crippen molar-refractivity contribution in [3.05, 3.63) is 65.7 Å². The summed E-state index contributed by atoms with van der Waals surface area (Å²) in [6.45, 7) is 3.93. The van der Waals surface area contributed by atoms with Gasteiger partial charge in [-0.05, 0) is 54.1 Å². The number of amides is 3. The summed E-state index contributed by atoms with van der Waals surface area (Å²) in [6, 6.07) is 6.48. The number of rotatable bonds is 6. The molecule has 5 heterocycles. The van der Waals surface area contributed by atoms with Gasteiger partial charge in [0.2, 0.25) is 11.8 Å². The van der Waals surface area contributed by atoms with E-state index in [-0.39, 0.29) is 63.4 Å². The van der Waals surface area contributed by atoms with Crippen LogP contribution in [-0.2, 0) is 9.59 Å². The third-order valence-electron chi connectivity index (χ3n) is 6.97. The van der Waals surface area contributed by atoms with Crippen molar-refractivity contribution in [1.82, 2.24) is 46.1 Å². The molecule has 0 bridgehead atoms. The van der Waals surface area contributed by atoms with Crippen LogP contribution < -0.4 is 10.6 Å². The molecule has 2 aliphatic heterocycles. The van der Waals surface area contributed by atoms with Crippen LogP contribution in [0, 0.1) is 0 Å². The van der Waals surface area contributed by atoms with Crippen LogP contribution in [0.2, 0.25) is 0 Å². The van der Waals surface area contributed by atoms with Gasteiger partial charge in [0.1, 0.15) is 40.3 Å². The molecule has 0 aliphatic carbocycles. The fraction of sp³-hybridized carbons (Fsp3) is 0.280. The average molecular weight is 586 g/mol. The summed E-state index contributed by atoms with van der Waals surface area (Å²) in [7, 11) is 0. The number of carbonyl (C=O) groups is 3. The number of benzene rings is 1. The Morgan fingerprint density at radius 1 is 1.15 bits per heavy atom. The van der Waals surface area contributed by atoms with E-state index in [0.29, 0.717) is 16.9 Å². The van der Waals surface area contributed by atoms with Gasteiger partial charge >= 0.3 is 29.6 Å². The summed E-state index contributed by atoms with van der Waals surface area (Å²) < 4.78 is -0.444. The van der Waals surface area contributed by atoms with E-state index in [9.17, 15) is 24.6 Å². The summed E-state index contributed by atoms with van der Waals surface area (Å²) in [5, 5.41) is 39.4. The van der Waals surface area contributed by atoms with E-state index in [0.717, 1.165) is 0 Å². The van der Waals surface area contributed by atoms with E-state index in [1.807, 2.05) is 13.8 Å². The van der Waals surface area contributed by atoms with E-state index in [1.165, 1.54) is 48.4 Å². The predicted octanol–water partition coefficient (Wildman–Crippen LogP) is 0.296. The van der Waals surface area contributed by atoms with Crippen LogP contribution in [0.4, 0.5) is 0 Å². The number of hydrogen-bond donors (Lipinski definition) is 5. The molecule has 2 aliphatic rings. The second-order valence-electron chi connectivity index (χ2n) is 9.92. The number of aromatic hydroxyl groups is 2. The van der Waals surface area contributed by atoms with Crippen LogP contribution in [0.1, 0.15) is 47.7 Å². The molecule has 3 aromatic heterocycles. The van der Waals surface area contributed by atoms with Crippen molar-refractivity contribution in [3.8, 4) is 11.5 Å². The minimum absolute atomic E-state index is 0. The molecule has 16 heteroatoms. The van der Waals surface area contributed by atoms with Gasteiger partial charge in [-0.2, -0.15) is 0 Å². The number of nitrogens with zero attached hydrogens (tertiary/aromatic N) is 6. The van der Waals surface area contributed by atoms with Crippen LogP contribution in [0.25, 0.3) is 11.0 Å². The number of fused-ring (bicyclic) bond motifs is 2. The number of thioether (sulfide) groups is 1. The Hall–Kier alpha value is -3.79. The fourth-order valence-electron chi connectivity index (χ4n) is 5.06. The zero-order chi connectivity index (χ0) is 28.2. The van der Waals surface area contributed by atoms with Crippen molar-refractivity contribution in [2.24, 2.45) is 0 Å². The number of aromatic amines is 1. The van der Waals surface area contributed by atoms with Gasteiger partial charge in [0.15, 0.2) is 11.6 Å². The van der Waals surface area contributed by atoms with Gasteiger partial charge in [-0.1, -0.05) is 12.1 Å². The van der Waals surface area contributed by atoms with Crippen molar-refractivity contribution in [3.63, 3.8) is 0 Å². The number of tetrazole rings is 1. The number of carbonyl (C=O) groups excluding carboxylic acids is 3. The van der Waals surface area contributed by atoms with E-state index in [2.05, 4.69) is 41.2 Å². The third-order valence-corrected chi connectivity index (χ3v) is 8.54. The van der Waals surface area contributed by atoms with Gasteiger partial charge < -0.3 is 25.7 Å². The van der Waals surface area contributed by atoms with Crippen molar-refractivity contribution in [1.29, 1.82) is 0 Å². The quantitative estimate of drug-likeness (QED) is 0.154. The first-order valence-electron chi connectivity index (χ1n) is 12.2. The van der Waals surface area contributed by atoms with Gasteiger partial charge in [0.25, 0.3) is 5.91 Å². The van der Waals surface area contributed by atoms with Crippen LogP contribution in [0.5, 0.6) is 11.5 Å². The van der Waals surface area contributed by atoms with Gasteiger partial charge in [0.05, 0.1) is 5.52 Å². The topological polar surface area (TPSA) is 199 Å². The number of β-lactam (4-membered cyclic amide) rings is 1. The Labute approximate surface area is 259 Å². The summed E-state index contributed by atoms with van der Waals surface area (Å²) in [4.78, 5) is 50.0. The number of nitrogens with one attached hydrogen (secondary N) is 3. The van der Waals surface area contributed by atoms with E-state index in [4.69, 9.17) is 0 Å². The summed E-state index contributed by atoms with van der Waals surface area (Å²) in [6.07, 6.45) is 2.66. The Kier molecular flexibility index (Phi) is 7.63. The van der Waals surface area contributed by atoms with Crippen LogP contribution in [0.15, 0.2) is 48.8 Å². The van der Waals surface area contributed by atoms with E-state index in [1.54, 1.807) is 17.0 Å². The predicted molar refractivity (Wildman–Crippen MR) is 148 cm³/mol. The summed E-state index contributed by atoms with van der Waals surface area (Å²) >= 11 is 1.51. The Morgan fingerprint density at radius 2 is 1.90 bits per heavy atom. The molecule has 5 N–H and O–H groups in total. The van der Waals surface area contributed by atoms with Crippen LogP contribution in [0.3, 0.4) is 0 Å². The van der Waals surface area contributed by atoms with Gasteiger partial charge in [-0.3, -0.25) is 24.4 Å². The molecule has 41 heavy (non-hydrogen) atoms. The number of phenols is 1. The molecule has 4 atom stereocenters. The molecule has 4 aromatic rings. The van der Waals surface area contributed by atoms with Crippen LogP contribution in [-0.4, -0.2) is 109 Å². The molecule has 2 saturated heterocycles. The molecule has 3 amide bonds. The first kappa shape index (κ1) is 28.7. The molecule has 0 radical (unpaired) electrons. The van der Waals surface area contributed by atoms with E-state index >= 15 is 0 Å². The molecule has 6 rings (SSSR count). The molecule has 0 spiro atoms. The van der Waals surface area contributed by atoms with Gasteiger partial charge in [0, 0.05) is 17.1 Å². The number of hydrogen-bond acceptors (Lipinski definition) is 11. The Balaban J connectivity index is 0.00000337. The number of H-pyrrole nitrogens is 1. The molecule has 0 saturated carbocycles. The van der Waals surface area contributed by atoms with Crippen molar-refractivity contribution in [2.75, 3.05) is 0 Å². The second kappa shape index (κ2) is 10.9. The second-order valence-corrected chi connectivity index (χ2v) is 11.7. The first-order valence-corrected chi connectivity index (χ1v) is 13.1. The zero-order valence-electron chi connectivity index (χ0n) is 21.1. The molecule has 14 nitrogen and oxygen atoms in total. The molecule has 206 valence electrons. The maximum absolute atomic E-state index is 13.6. The number of pyridine rings is 2. The normalized spacial score (nSPS) is 21.4. The average Bonchev–Trinajstić information content (AvgIpc) is 3.55. The fourth-order valence-corrected chi connectivity index (χ4v) is 6.69. The standard InChI is InChI=1S/C25H23N9O5S.Na.H/c1-25(2)19(20-30-32-33-31-20)34-23(39)17(24(34)40-25)29-22(38)15(11-5-7-12(35)8-6-11)28-21(37)13-10-27-14-4-3-9-26-16(14)18(13)36;;/h3-10,15,17,19,24,35H,1-2H3,(H,27,36)(H,28,37)(H,29,38)(H,30,31,32,33);;/t15?,17?,19?,24-;;/m0../s1. The Morgan fingerprint density at radius 3 is 2.61 bits per heavy atom. The molecule has 2 fully saturated rings. The minimum atomic E-state index is -1.26. The first-order chi connectivity index (χ1) is 19.2. The number of aromatic nitrogens is 6. The van der Waals surface area contributed by atoms with Gasteiger partial charge in [-0.15, -0.1) is 16.9 Å². The molecular formula is C25H24N9NaO5S. The monoisotopic (exact) mass is 585 g/mol. The van der Waals surface area contributed by atoms with Gasteiger partial charge in [-0.25, -0.2) is 5.10 Å².